The molecule has 6 heterocycles. The molecule has 0 bridgehead atoms. The summed E-state index contributed by atoms with van der Waals surface area (Å²) in [7, 11) is 0. The lowest BCUT2D eigenvalue weighted by Crippen LogP contribution is -2.40. The minimum absolute atomic E-state index is 0.0539. The van der Waals surface area contributed by atoms with E-state index in [2.05, 4.69) is 29.9 Å². The predicted molar refractivity (Wildman–Crippen MR) is 246 cm³/mol. The minimum Gasteiger partial charge on any atom is -0.465 e. The van der Waals surface area contributed by atoms with Crippen molar-refractivity contribution in [2.45, 2.75) is 67.0 Å². The van der Waals surface area contributed by atoms with Gasteiger partial charge in [-0.3, -0.25) is 34.7 Å². The zero-order valence-electron chi connectivity index (χ0n) is 35.0. The summed E-state index contributed by atoms with van der Waals surface area (Å²) >= 11 is 14.5. The second kappa shape index (κ2) is 16.7. The summed E-state index contributed by atoms with van der Waals surface area (Å²) in [6.07, 6.45) is 7.84. The maximum atomic E-state index is 15.2. The Morgan fingerprint density at radius 3 is 1.74 bits per heavy atom. The van der Waals surface area contributed by atoms with Crippen LogP contribution in [0.2, 0.25) is 10.0 Å². The molecule has 2 saturated carbocycles. The van der Waals surface area contributed by atoms with Gasteiger partial charge in [-0.15, -0.1) is 0 Å². The molecule has 11 nitrogen and oxygen atoms in total. The third kappa shape index (κ3) is 7.96. The van der Waals surface area contributed by atoms with Crippen molar-refractivity contribution in [2.24, 2.45) is 33.3 Å². The van der Waals surface area contributed by atoms with E-state index in [9.17, 15) is 23.1 Å². The third-order valence-electron chi connectivity index (χ3n) is 12.8. The normalized spacial score (nSPS) is 26.3. The molecule has 65 heavy (non-hydrogen) atoms. The fourth-order valence-electron chi connectivity index (χ4n) is 9.46. The molecule has 0 amide bonds. The number of amidine groups is 2. The zero-order valence-corrected chi connectivity index (χ0v) is 38.2. The molecule has 2 fully saturated rings. The van der Waals surface area contributed by atoms with Gasteiger partial charge in [0.25, 0.3) is 0 Å². The fraction of sp³-hybridized carbons (Fsp3) is 0.326. The van der Waals surface area contributed by atoms with E-state index in [0.29, 0.717) is 56.4 Å². The monoisotopic (exact) mass is 962 g/mol. The Morgan fingerprint density at radius 2 is 1.25 bits per heavy atom. The highest BCUT2D eigenvalue weighted by Gasteiger charge is 2.72. The maximum Gasteiger partial charge on any atom is 0.323 e. The van der Waals surface area contributed by atoms with E-state index in [4.69, 9.17) is 39.4 Å². The molecular weight excluding hydrogens is 924 g/mol. The van der Waals surface area contributed by atoms with E-state index in [1.54, 1.807) is 69.6 Å². The number of rotatable bonds is 9. The van der Waals surface area contributed by atoms with Crippen LogP contribution >= 0.6 is 46.7 Å². The largest absolute Gasteiger partial charge is 0.465 e. The molecule has 0 radical (unpaired) electrons. The summed E-state index contributed by atoms with van der Waals surface area (Å²) in [4.78, 5) is 39.2. The van der Waals surface area contributed by atoms with Crippen molar-refractivity contribution in [1.82, 2.24) is 19.9 Å². The number of carbonyl (C=O) groups is 1. The lowest BCUT2D eigenvalue weighted by Gasteiger charge is -2.34. The number of pyridine rings is 4. The second-order valence-electron chi connectivity index (χ2n) is 16.9. The number of hydrogen-bond donors (Lipinski definition) is 3. The molecule has 6 aromatic rings. The second-order valence-corrected chi connectivity index (χ2v) is 20.6. The summed E-state index contributed by atoms with van der Waals surface area (Å²) in [5.41, 5.74) is 13.6. The number of nitrogens with zero attached hydrogens (tertiary/aromatic N) is 6. The number of aliphatic hydroxyl groups is 1. The van der Waals surface area contributed by atoms with Gasteiger partial charge in [0.15, 0.2) is 33.6 Å². The average Bonchev–Trinajstić information content (AvgIpc) is 4.19. The van der Waals surface area contributed by atoms with Crippen LogP contribution in [0, 0.1) is 35.1 Å². The van der Waals surface area contributed by atoms with Crippen LogP contribution < -0.4 is 11.5 Å². The highest BCUT2D eigenvalue weighted by molar-refractivity contribution is 8.16. The first-order valence-electron chi connectivity index (χ1n) is 20.6. The third-order valence-corrected chi connectivity index (χ3v) is 15.7. The minimum atomic E-state index is -1.22. The molecule has 5 N–H and O–H groups in total. The first-order valence-corrected chi connectivity index (χ1v) is 22.9. The number of hydrogen-bond acceptors (Lipinski definition) is 13. The van der Waals surface area contributed by atoms with Crippen LogP contribution in [0.3, 0.4) is 0 Å². The quantitative estimate of drug-likeness (QED) is 0.0933. The lowest BCUT2D eigenvalue weighted by molar-refractivity contribution is -0.143. The van der Waals surface area contributed by atoms with Crippen molar-refractivity contribution in [3.63, 3.8) is 0 Å². The van der Waals surface area contributed by atoms with Crippen molar-refractivity contribution >= 4 is 84.8 Å². The van der Waals surface area contributed by atoms with Gasteiger partial charge in [-0.25, -0.2) is 17.6 Å². The highest BCUT2D eigenvalue weighted by atomic mass is 35.5. The van der Waals surface area contributed by atoms with E-state index < -0.39 is 49.8 Å². The van der Waals surface area contributed by atoms with Gasteiger partial charge in [0.1, 0.15) is 4.75 Å². The molecule has 10 rings (SSSR count). The number of esters is 1. The fourth-order valence-corrected chi connectivity index (χ4v) is 12.5. The molecule has 19 heteroatoms. The number of carbonyl (C=O) groups excluding carboxylic acids is 1. The molecule has 4 aromatic heterocycles. The van der Waals surface area contributed by atoms with Crippen LogP contribution in [-0.2, 0) is 33.5 Å². The van der Waals surface area contributed by atoms with E-state index in [1.165, 1.54) is 30.2 Å². The Hall–Kier alpha value is -5.07. The van der Waals surface area contributed by atoms with Crippen molar-refractivity contribution in [1.29, 1.82) is 0 Å². The van der Waals surface area contributed by atoms with E-state index in [0.717, 1.165) is 28.6 Å². The van der Waals surface area contributed by atoms with Crippen LogP contribution in [0.1, 0.15) is 67.3 Å². The molecule has 0 unspecified atom stereocenters. The van der Waals surface area contributed by atoms with Crippen LogP contribution in [0.25, 0.3) is 21.8 Å². The smallest absolute Gasteiger partial charge is 0.323 e. The van der Waals surface area contributed by atoms with Gasteiger partial charge >= 0.3 is 5.97 Å². The SMILES string of the molecule is CCOC(=O)[C@]12C[C@H]1[C@@](C)(c1cc(Cc3nccc4cc(Cl)cnc34)cc(F)c1F)N=C(N)S2.C[C@]1(c2cc(Cc3nccc4cc(Cl)cnc34)cc(F)c2F)N=C(N)S[C@@]2(CO)C[C@H]21. The Labute approximate surface area is 388 Å². The highest BCUT2D eigenvalue weighted by Crippen LogP contribution is 2.67. The number of ether oxygens (including phenoxy) is 1. The molecule has 336 valence electrons. The summed E-state index contributed by atoms with van der Waals surface area (Å²) in [5, 5.41) is 12.9. The summed E-state index contributed by atoms with van der Waals surface area (Å²) in [6, 6.07) is 12.7. The van der Waals surface area contributed by atoms with Crippen molar-refractivity contribution in [2.75, 3.05) is 13.2 Å². The predicted octanol–water partition coefficient (Wildman–Crippen LogP) is 8.93. The Kier molecular flexibility index (Phi) is 11.6. The van der Waals surface area contributed by atoms with Crippen LogP contribution in [0.15, 0.2) is 83.3 Å². The van der Waals surface area contributed by atoms with Gasteiger partial charge in [-0.1, -0.05) is 46.7 Å². The Morgan fingerprint density at radius 1 is 0.754 bits per heavy atom. The van der Waals surface area contributed by atoms with Crippen LogP contribution in [0.5, 0.6) is 0 Å². The molecule has 0 spiro atoms. The number of aromatic nitrogens is 4. The number of benzene rings is 2. The number of aliphatic hydroxyl groups excluding tert-OH is 1. The Balaban J connectivity index is 0.000000165. The van der Waals surface area contributed by atoms with Crippen molar-refractivity contribution in [3.8, 4) is 0 Å². The maximum absolute atomic E-state index is 15.2. The van der Waals surface area contributed by atoms with Crippen LogP contribution in [-0.4, -0.2) is 64.1 Å². The van der Waals surface area contributed by atoms with Gasteiger partial charge < -0.3 is 21.3 Å². The first kappa shape index (κ1) is 45.1. The molecule has 2 aliphatic heterocycles. The number of nitrogens with two attached hydrogens (primary N) is 2. The summed E-state index contributed by atoms with van der Waals surface area (Å²) in [5.74, 6) is -4.81. The number of halogens is 6. The molecular formula is C46H40Cl2F4N8O3S2. The van der Waals surface area contributed by atoms with E-state index >= 15 is 4.39 Å². The Bertz CT molecular complexity index is 3030. The average molecular weight is 964 g/mol. The van der Waals surface area contributed by atoms with Gasteiger partial charge in [-0.05, 0) is 93.3 Å². The molecule has 0 saturated heterocycles. The standard InChI is InChI=1S/C24H21ClF2N4O2S.C22H19ClF2N4OS/c1-3-33-21(32)24-10-18(24)23(2,31-22(28)34-24)15-6-12(7-16(26)19(15)27)8-17-20-13(4-5-29-17)9-14(25)11-30-20;1-21(17-8-22(17,10-30)31-20(26)29-21)14-4-11(5-15(24)18(14)25)6-16-19-12(2-3-27-16)7-13(23)9-28-19/h4-7,9,11,18H,3,8,10H2,1-2H3,(H2,28,31);2-5,7,9,17,30H,6,8,10H2,1H3,(H2,26,29)/t18-,23+,24-;17-,21+,22+/m00/s1. The van der Waals surface area contributed by atoms with Crippen LogP contribution in [0.4, 0.5) is 17.6 Å². The molecule has 2 aliphatic carbocycles. The van der Waals surface area contributed by atoms with E-state index in [1.807, 2.05) is 0 Å². The lowest BCUT2D eigenvalue weighted by atomic mass is 9.84. The molecule has 4 aliphatic rings. The van der Waals surface area contributed by atoms with Gasteiger partial charge in [0.05, 0.1) is 61.5 Å². The number of thioether (sulfide) groups is 2. The van der Waals surface area contributed by atoms with Gasteiger partial charge in [-0.2, -0.15) is 0 Å². The van der Waals surface area contributed by atoms with E-state index in [-0.39, 0.29) is 59.4 Å². The molecule has 6 atom stereocenters. The zero-order chi connectivity index (χ0) is 46.2. The van der Waals surface area contributed by atoms with Gasteiger partial charge in [0.2, 0.25) is 0 Å². The number of fused-ring (bicyclic) bond motifs is 4. The topological polar surface area (TPSA) is 175 Å². The summed E-state index contributed by atoms with van der Waals surface area (Å²) < 4.78 is 63.5. The first-order chi connectivity index (χ1) is 30.9. The summed E-state index contributed by atoms with van der Waals surface area (Å²) in [6.45, 7) is 5.29. The van der Waals surface area contributed by atoms with Gasteiger partial charge in [0, 0.05) is 71.4 Å². The van der Waals surface area contributed by atoms with Crippen molar-refractivity contribution in [3.05, 3.63) is 140 Å². The van der Waals surface area contributed by atoms with Crippen molar-refractivity contribution < 1.29 is 32.2 Å². The number of aliphatic imine (C=N–C) groups is 2. The molecule has 2 aromatic carbocycles.